The second kappa shape index (κ2) is 3.12. The molecule has 54 valence electrons. The van der Waals surface area contributed by atoms with Gasteiger partial charge < -0.3 is 9.84 Å². The van der Waals surface area contributed by atoms with Crippen LogP contribution in [0, 0.1) is 0 Å². The van der Waals surface area contributed by atoms with Crippen molar-refractivity contribution in [3.63, 3.8) is 0 Å². The maximum Gasteiger partial charge on any atom is 0.0751 e. The number of nitrogens with two attached hydrogens (primary N) is 1. The van der Waals surface area contributed by atoms with Crippen LogP contribution in [0.2, 0.25) is 0 Å². The molecule has 2 atom stereocenters. The Morgan fingerprint density at radius 3 is 2.89 bits per heavy atom. The number of aliphatic hydroxyl groups excluding tert-OH is 1. The van der Waals surface area contributed by atoms with Crippen LogP contribution in [0.25, 0.3) is 0 Å². The molecule has 1 fully saturated rings. The zero-order valence-corrected chi connectivity index (χ0v) is 5.21. The van der Waals surface area contributed by atoms with Gasteiger partial charge in [0.1, 0.15) is 0 Å². The Morgan fingerprint density at radius 2 is 2.44 bits per heavy atom. The Balaban J connectivity index is 2.30. The fraction of sp³-hybridized carbons (Fsp3) is 1.00. The van der Waals surface area contributed by atoms with E-state index in [0.717, 1.165) is 0 Å². The summed E-state index contributed by atoms with van der Waals surface area (Å²) in [5, 5.41) is 9.15. The van der Waals surface area contributed by atoms with Gasteiger partial charge in [-0.1, -0.05) is 0 Å². The molecule has 1 saturated heterocycles. The molecule has 0 amide bonds. The van der Waals surface area contributed by atoms with E-state index in [4.69, 9.17) is 15.7 Å². The number of aliphatic hydroxyl groups is 1. The summed E-state index contributed by atoms with van der Waals surface area (Å²) in [6.45, 7) is 1.15. The van der Waals surface area contributed by atoms with Gasteiger partial charge in [0.15, 0.2) is 0 Å². The molecule has 4 heteroatoms. The fourth-order valence-electron chi connectivity index (χ4n) is 0.886. The molecule has 4 N–H and O–H groups in total. The van der Waals surface area contributed by atoms with E-state index in [1.54, 1.807) is 0 Å². The molecule has 0 bridgehead atoms. The number of hydrogen-bond donors (Lipinski definition) is 3. The lowest BCUT2D eigenvalue weighted by atomic mass is 10.1. The first-order valence-electron chi connectivity index (χ1n) is 3.06. The molecule has 1 aliphatic heterocycles. The number of hydrazine groups is 1. The van der Waals surface area contributed by atoms with E-state index in [1.165, 1.54) is 0 Å². The second-order valence-electron chi connectivity index (χ2n) is 2.20. The van der Waals surface area contributed by atoms with Crippen molar-refractivity contribution in [3.05, 3.63) is 0 Å². The summed E-state index contributed by atoms with van der Waals surface area (Å²) in [6, 6.07) is -0.0845. The van der Waals surface area contributed by atoms with Crippen molar-refractivity contribution in [1.29, 1.82) is 0 Å². The van der Waals surface area contributed by atoms with Crippen LogP contribution in [0.15, 0.2) is 0 Å². The Labute approximate surface area is 54.0 Å². The molecule has 1 heterocycles. The van der Waals surface area contributed by atoms with Gasteiger partial charge in [-0.2, -0.15) is 0 Å². The zero-order valence-electron chi connectivity index (χ0n) is 5.21. The van der Waals surface area contributed by atoms with Gasteiger partial charge in [0.2, 0.25) is 0 Å². The Kier molecular flexibility index (Phi) is 2.41. The zero-order chi connectivity index (χ0) is 6.69. The van der Waals surface area contributed by atoms with Gasteiger partial charge >= 0.3 is 0 Å². The average Bonchev–Trinajstić information content (AvgIpc) is 1.89. The molecule has 4 nitrogen and oxygen atoms in total. The smallest absolute Gasteiger partial charge is 0.0751 e. The quantitative estimate of drug-likeness (QED) is 0.303. The number of ether oxygens (including phenoxy) is 1. The third-order valence-electron chi connectivity index (χ3n) is 1.53. The third kappa shape index (κ3) is 1.62. The summed E-state index contributed by atoms with van der Waals surface area (Å²) in [4.78, 5) is 0. The van der Waals surface area contributed by atoms with E-state index < -0.39 is 0 Å². The molecule has 9 heavy (non-hydrogen) atoms. The molecule has 2 unspecified atom stereocenters. The molecule has 0 saturated carbocycles. The van der Waals surface area contributed by atoms with Crippen molar-refractivity contribution in [1.82, 2.24) is 5.43 Å². The molecule has 0 aromatic rings. The predicted octanol–water partition coefficient (Wildman–Crippen LogP) is -1.40. The molecule has 0 aromatic carbocycles. The summed E-state index contributed by atoms with van der Waals surface area (Å²) in [7, 11) is 0. The number of hydrogen-bond acceptors (Lipinski definition) is 4. The molecule has 1 rings (SSSR count). The van der Waals surface area contributed by atoms with Gasteiger partial charge in [0, 0.05) is 6.61 Å². The first-order chi connectivity index (χ1) is 4.34. The van der Waals surface area contributed by atoms with Crippen LogP contribution in [0.1, 0.15) is 6.42 Å². The maximum absolute atomic E-state index is 9.15. The van der Waals surface area contributed by atoms with Crippen LogP contribution in [-0.2, 0) is 4.74 Å². The third-order valence-corrected chi connectivity index (χ3v) is 1.53. The SMILES string of the molecule is NNC1COCCC1O. The van der Waals surface area contributed by atoms with Gasteiger partial charge in [-0.05, 0) is 6.42 Å². The van der Waals surface area contributed by atoms with E-state index in [1.807, 2.05) is 0 Å². The summed E-state index contributed by atoms with van der Waals surface area (Å²) < 4.78 is 5.04. The Hall–Kier alpha value is -0.160. The lowest BCUT2D eigenvalue weighted by molar-refractivity contribution is -0.0153. The first kappa shape index (κ1) is 6.95. The van der Waals surface area contributed by atoms with Crippen molar-refractivity contribution in [2.24, 2.45) is 5.84 Å². The van der Waals surface area contributed by atoms with Gasteiger partial charge in [0.25, 0.3) is 0 Å². The molecule has 0 aliphatic carbocycles. The first-order valence-corrected chi connectivity index (χ1v) is 3.06. The fourth-order valence-corrected chi connectivity index (χ4v) is 0.886. The van der Waals surface area contributed by atoms with Gasteiger partial charge in [-0.15, -0.1) is 0 Å². The highest BCUT2D eigenvalue weighted by molar-refractivity contribution is 4.76. The van der Waals surface area contributed by atoms with E-state index in [2.05, 4.69) is 5.43 Å². The standard InChI is InChI=1S/C5H12N2O2/c6-7-4-3-9-2-1-5(4)8/h4-5,7-8H,1-3,6H2. The Morgan fingerprint density at radius 1 is 1.67 bits per heavy atom. The van der Waals surface area contributed by atoms with Gasteiger partial charge in [-0.3, -0.25) is 11.3 Å². The van der Waals surface area contributed by atoms with E-state index in [-0.39, 0.29) is 12.1 Å². The molecule has 0 radical (unpaired) electrons. The van der Waals surface area contributed by atoms with E-state index in [9.17, 15) is 0 Å². The monoisotopic (exact) mass is 132 g/mol. The molecule has 1 aliphatic rings. The summed E-state index contributed by atoms with van der Waals surface area (Å²) >= 11 is 0. The minimum absolute atomic E-state index is 0.0845. The lowest BCUT2D eigenvalue weighted by Crippen LogP contribution is -2.50. The molecular formula is C5H12N2O2. The normalized spacial score (nSPS) is 36.7. The maximum atomic E-state index is 9.15. The van der Waals surface area contributed by atoms with Gasteiger partial charge in [0.05, 0.1) is 18.8 Å². The molecular weight excluding hydrogens is 120 g/mol. The van der Waals surface area contributed by atoms with Crippen molar-refractivity contribution in [3.8, 4) is 0 Å². The number of rotatable bonds is 1. The average molecular weight is 132 g/mol. The summed E-state index contributed by atoms with van der Waals surface area (Å²) in [5.41, 5.74) is 2.48. The molecule has 0 spiro atoms. The van der Waals surface area contributed by atoms with Crippen LogP contribution in [-0.4, -0.2) is 30.5 Å². The largest absolute Gasteiger partial charge is 0.391 e. The Bertz CT molecular complexity index is 89.0. The predicted molar refractivity (Wildman–Crippen MR) is 32.6 cm³/mol. The van der Waals surface area contributed by atoms with E-state index in [0.29, 0.717) is 19.6 Å². The van der Waals surface area contributed by atoms with Crippen molar-refractivity contribution >= 4 is 0 Å². The van der Waals surface area contributed by atoms with Crippen LogP contribution in [0.5, 0.6) is 0 Å². The number of nitrogens with one attached hydrogen (secondary N) is 1. The topological polar surface area (TPSA) is 67.5 Å². The lowest BCUT2D eigenvalue weighted by Gasteiger charge is -2.26. The van der Waals surface area contributed by atoms with Crippen molar-refractivity contribution in [2.75, 3.05) is 13.2 Å². The minimum atomic E-state index is -0.344. The minimum Gasteiger partial charge on any atom is -0.391 e. The van der Waals surface area contributed by atoms with Crippen LogP contribution in [0.3, 0.4) is 0 Å². The summed E-state index contributed by atoms with van der Waals surface area (Å²) in [6.07, 6.45) is 0.332. The molecule has 0 aromatic heterocycles. The van der Waals surface area contributed by atoms with Crippen molar-refractivity contribution < 1.29 is 9.84 Å². The van der Waals surface area contributed by atoms with Crippen LogP contribution >= 0.6 is 0 Å². The summed E-state index contributed by atoms with van der Waals surface area (Å²) in [5.74, 6) is 5.10. The van der Waals surface area contributed by atoms with Crippen LogP contribution in [0.4, 0.5) is 0 Å². The van der Waals surface area contributed by atoms with Gasteiger partial charge in [-0.25, -0.2) is 0 Å². The van der Waals surface area contributed by atoms with Crippen molar-refractivity contribution in [2.45, 2.75) is 18.6 Å². The highest BCUT2D eigenvalue weighted by Crippen LogP contribution is 2.05. The second-order valence-corrected chi connectivity index (χ2v) is 2.20. The highest BCUT2D eigenvalue weighted by atomic mass is 16.5. The van der Waals surface area contributed by atoms with Crippen LogP contribution < -0.4 is 11.3 Å². The highest BCUT2D eigenvalue weighted by Gasteiger charge is 2.21. The van der Waals surface area contributed by atoms with E-state index >= 15 is 0 Å².